The Kier molecular flexibility index (Phi) is 5.79. The zero-order chi connectivity index (χ0) is 19.3. The number of thioether (sulfide) groups is 1. The number of rotatable bonds is 6. The van der Waals surface area contributed by atoms with Crippen molar-refractivity contribution in [2.24, 2.45) is 0 Å². The van der Waals surface area contributed by atoms with Crippen LogP contribution in [0.25, 0.3) is 22.8 Å². The molecule has 3 heterocycles. The second-order valence-electron chi connectivity index (χ2n) is 5.47. The van der Waals surface area contributed by atoms with Crippen molar-refractivity contribution in [3.63, 3.8) is 0 Å². The number of amides is 1. The van der Waals surface area contributed by atoms with Gasteiger partial charge in [0.1, 0.15) is 5.69 Å². The number of halogens is 1. The summed E-state index contributed by atoms with van der Waals surface area (Å²) in [7, 11) is 0. The van der Waals surface area contributed by atoms with Crippen molar-refractivity contribution in [3.8, 4) is 22.8 Å². The van der Waals surface area contributed by atoms with Gasteiger partial charge in [0.05, 0.1) is 11.4 Å². The van der Waals surface area contributed by atoms with E-state index in [1.807, 2.05) is 35.7 Å². The number of carbonyl (C=O) groups is 1. The van der Waals surface area contributed by atoms with E-state index in [9.17, 15) is 4.79 Å². The van der Waals surface area contributed by atoms with E-state index in [-0.39, 0.29) is 11.7 Å². The molecule has 1 N–H and O–H groups in total. The summed E-state index contributed by atoms with van der Waals surface area (Å²) in [4.78, 5) is 20.8. The molecular weight excluding hydrogens is 462 g/mol. The van der Waals surface area contributed by atoms with Gasteiger partial charge >= 0.3 is 0 Å². The lowest BCUT2D eigenvalue weighted by atomic mass is 10.2. The Morgan fingerprint density at radius 3 is 2.79 bits per heavy atom. The van der Waals surface area contributed by atoms with Gasteiger partial charge < -0.3 is 9.73 Å². The molecule has 0 saturated carbocycles. The van der Waals surface area contributed by atoms with Crippen LogP contribution < -0.4 is 5.32 Å². The Labute approximate surface area is 176 Å². The van der Waals surface area contributed by atoms with E-state index < -0.39 is 0 Å². The zero-order valence-corrected chi connectivity index (χ0v) is 17.4. The van der Waals surface area contributed by atoms with Gasteiger partial charge in [-0.25, -0.2) is 4.98 Å². The molecule has 0 saturated heterocycles. The van der Waals surface area contributed by atoms with Crippen LogP contribution in [0.4, 0.5) is 5.13 Å². The average molecular weight is 474 g/mol. The molecule has 0 aliphatic rings. The van der Waals surface area contributed by atoms with Gasteiger partial charge in [0, 0.05) is 21.6 Å². The predicted octanol–water partition coefficient (Wildman–Crippen LogP) is 4.75. The molecule has 7 nitrogen and oxygen atoms in total. The quantitative estimate of drug-likeness (QED) is 0.403. The Balaban J connectivity index is 1.33. The molecular formula is C18H12BrN5O2S2. The third-order valence-electron chi connectivity index (χ3n) is 3.51. The molecule has 0 bridgehead atoms. The lowest BCUT2D eigenvalue weighted by Crippen LogP contribution is -2.13. The lowest BCUT2D eigenvalue weighted by molar-refractivity contribution is -0.113. The maximum absolute atomic E-state index is 12.2. The fourth-order valence-corrected chi connectivity index (χ4v) is 3.79. The molecule has 1 amide bonds. The van der Waals surface area contributed by atoms with E-state index in [2.05, 4.69) is 41.4 Å². The third kappa shape index (κ3) is 4.64. The maximum Gasteiger partial charge on any atom is 0.277 e. The van der Waals surface area contributed by atoms with E-state index >= 15 is 0 Å². The summed E-state index contributed by atoms with van der Waals surface area (Å²) < 4.78 is 6.53. The molecule has 4 rings (SSSR count). The summed E-state index contributed by atoms with van der Waals surface area (Å²) in [5.74, 6) is 0.263. The first-order valence-corrected chi connectivity index (χ1v) is 10.7. The number of aromatic nitrogens is 4. The highest BCUT2D eigenvalue weighted by molar-refractivity contribution is 9.10. The Bertz CT molecular complexity index is 1080. The first kappa shape index (κ1) is 18.8. The smallest absolute Gasteiger partial charge is 0.277 e. The highest BCUT2D eigenvalue weighted by atomic mass is 79.9. The third-order valence-corrected chi connectivity index (χ3v) is 5.61. The molecule has 0 aliphatic carbocycles. The van der Waals surface area contributed by atoms with Crippen LogP contribution >= 0.6 is 39.0 Å². The predicted molar refractivity (Wildman–Crippen MR) is 112 cm³/mol. The Morgan fingerprint density at radius 1 is 1.14 bits per heavy atom. The second-order valence-corrected chi connectivity index (χ2v) is 8.17. The van der Waals surface area contributed by atoms with Crippen LogP contribution in [-0.4, -0.2) is 31.8 Å². The number of hydrogen-bond donors (Lipinski definition) is 1. The van der Waals surface area contributed by atoms with Crippen LogP contribution in [0.2, 0.25) is 0 Å². The molecule has 0 fully saturated rings. The first-order valence-electron chi connectivity index (χ1n) is 8.06. The van der Waals surface area contributed by atoms with Crippen molar-refractivity contribution in [3.05, 3.63) is 58.5 Å². The van der Waals surface area contributed by atoms with Crippen LogP contribution in [0.3, 0.4) is 0 Å². The molecule has 0 spiro atoms. The van der Waals surface area contributed by atoms with Crippen LogP contribution in [0.1, 0.15) is 0 Å². The number of nitrogens with one attached hydrogen (secondary N) is 1. The van der Waals surface area contributed by atoms with Gasteiger partial charge in [-0.1, -0.05) is 45.9 Å². The van der Waals surface area contributed by atoms with E-state index in [1.165, 1.54) is 11.3 Å². The van der Waals surface area contributed by atoms with Crippen LogP contribution in [0, 0.1) is 0 Å². The van der Waals surface area contributed by atoms with Crippen molar-refractivity contribution >= 4 is 50.1 Å². The summed E-state index contributed by atoms with van der Waals surface area (Å²) in [5.41, 5.74) is 2.40. The monoisotopic (exact) mass is 473 g/mol. The standard InChI is InChI=1S/C18H12BrN5O2S2/c19-12-6-4-11(5-7-12)14-9-27-17(21-14)22-15(25)10-28-18-24-23-16(26-18)13-3-1-2-8-20-13/h1-9H,10H2,(H,21,22,25). The Morgan fingerprint density at radius 2 is 2.00 bits per heavy atom. The molecule has 0 unspecified atom stereocenters. The summed E-state index contributed by atoms with van der Waals surface area (Å²) in [5, 5.41) is 13.4. The molecule has 0 radical (unpaired) electrons. The van der Waals surface area contributed by atoms with Gasteiger partial charge in [0.25, 0.3) is 11.1 Å². The molecule has 140 valence electrons. The molecule has 0 aliphatic heterocycles. The van der Waals surface area contributed by atoms with E-state index in [4.69, 9.17) is 4.42 Å². The first-order chi connectivity index (χ1) is 13.7. The van der Waals surface area contributed by atoms with Gasteiger partial charge in [0.15, 0.2) is 5.13 Å². The number of anilines is 1. The summed E-state index contributed by atoms with van der Waals surface area (Å²) in [6.07, 6.45) is 1.65. The van der Waals surface area contributed by atoms with Crippen molar-refractivity contribution in [1.82, 2.24) is 20.2 Å². The Hall–Kier alpha value is -2.56. The SMILES string of the molecule is O=C(CSc1nnc(-c2ccccn2)o1)Nc1nc(-c2ccc(Br)cc2)cs1. The number of thiazole rings is 1. The van der Waals surface area contributed by atoms with Gasteiger partial charge in [-0.3, -0.25) is 9.78 Å². The molecule has 1 aromatic carbocycles. The lowest BCUT2D eigenvalue weighted by Gasteiger charge is -1.99. The molecule has 28 heavy (non-hydrogen) atoms. The number of benzene rings is 1. The minimum absolute atomic E-state index is 0.136. The number of hydrogen-bond acceptors (Lipinski definition) is 8. The summed E-state index contributed by atoms with van der Waals surface area (Å²) in [6.45, 7) is 0. The minimum Gasteiger partial charge on any atom is -0.410 e. The van der Waals surface area contributed by atoms with Gasteiger partial charge in [0.2, 0.25) is 5.91 Å². The normalized spacial score (nSPS) is 10.8. The van der Waals surface area contributed by atoms with Gasteiger partial charge in [-0.2, -0.15) is 0 Å². The second kappa shape index (κ2) is 8.63. The fraction of sp³-hybridized carbons (Fsp3) is 0.0556. The van der Waals surface area contributed by atoms with Crippen LogP contribution in [-0.2, 0) is 4.79 Å². The van der Waals surface area contributed by atoms with Crippen molar-refractivity contribution < 1.29 is 9.21 Å². The summed E-state index contributed by atoms with van der Waals surface area (Å²) in [6, 6.07) is 13.3. The summed E-state index contributed by atoms with van der Waals surface area (Å²) >= 11 is 5.95. The van der Waals surface area contributed by atoms with E-state index in [0.717, 1.165) is 27.5 Å². The van der Waals surface area contributed by atoms with Crippen molar-refractivity contribution in [2.75, 3.05) is 11.1 Å². The van der Waals surface area contributed by atoms with Crippen LogP contribution in [0.5, 0.6) is 0 Å². The molecule has 0 atom stereocenters. The highest BCUT2D eigenvalue weighted by Gasteiger charge is 2.13. The van der Waals surface area contributed by atoms with Gasteiger partial charge in [-0.15, -0.1) is 21.5 Å². The number of nitrogens with zero attached hydrogens (tertiary/aromatic N) is 4. The zero-order valence-electron chi connectivity index (χ0n) is 14.2. The van der Waals surface area contributed by atoms with Gasteiger partial charge in [-0.05, 0) is 24.3 Å². The minimum atomic E-state index is -0.195. The molecule has 10 heteroatoms. The highest BCUT2D eigenvalue weighted by Crippen LogP contribution is 2.27. The van der Waals surface area contributed by atoms with Crippen molar-refractivity contribution in [2.45, 2.75) is 5.22 Å². The average Bonchev–Trinajstić information content (AvgIpc) is 3.37. The topological polar surface area (TPSA) is 93.8 Å². The largest absolute Gasteiger partial charge is 0.410 e. The maximum atomic E-state index is 12.2. The molecule has 3 aromatic heterocycles. The van der Waals surface area contributed by atoms with E-state index in [1.54, 1.807) is 18.3 Å². The van der Waals surface area contributed by atoms with Crippen molar-refractivity contribution in [1.29, 1.82) is 0 Å². The number of carbonyl (C=O) groups excluding carboxylic acids is 1. The fourth-order valence-electron chi connectivity index (χ4n) is 2.23. The molecule has 4 aromatic rings. The van der Waals surface area contributed by atoms with Crippen LogP contribution in [0.15, 0.2) is 68.2 Å². The van der Waals surface area contributed by atoms with E-state index in [0.29, 0.717) is 21.9 Å². The number of pyridine rings is 1.